The summed E-state index contributed by atoms with van der Waals surface area (Å²) in [6.45, 7) is 5.36. The molecule has 1 spiro atoms. The van der Waals surface area contributed by atoms with Crippen LogP contribution >= 0.6 is 11.6 Å². The number of nitrogens with one attached hydrogen (secondary N) is 1. The lowest BCUT2D eigenvalue weighted by Gasteiger charge is -2.37. The molecule has 1 fully saturated rings. The molecule has 5 atom stereocenters. The van der Waals surface area contributed by atoms with Crippen LogP contribution < -0.4 is 10.5 Å². The Morgan fingerprint density at radius 3 is 2.52 bits per heavy atom. The van der Waals surface area contributed by atoms with Crippen LogP contribution in [0.4, 0.5) is 9.80 Å². The van der Waals surface area contributed by atoms with Crippen molar-refractivity contribution in [3.63, 3.8) is 0 Å². The maximum atomic E-state index is 16.5. The molecule has 2 amide bonds. The molecular formula is C40H40ClFN4O5Si. The SMILES string of the molecule is C[C@@H]1[C@@H]([Si](C)(C)F)[C@H](CC(=O)N2Cc3ccccc3C[C@H]2CO)O[C@@]12C(=O)N(Cc1cccc(-n3[nH]c4ccccc4c3=O)c1)c1ccc(Cl)cc12. The van der Waals surface area contributed by atoms with Gasteiger partial charge in [-0.05, 0) is 78.7 Å². The number of aromatic nitrogens is 2. The van der Waals surface area contributed by atoms with Crippen molar-refractivity contribution in [2.24, 2.45) is 5.92 Å². The molecule has 52 heavy (non-hydrogen) atoms. The van der Waals surface area contributed by atoms with Gasteiger partial charge in [-0.15, -0.1) is 0 Å². The second-order valence-electron chi connectivity index (χ2n) is 14.8. The highest BCUT2D eigenvalue weighted by molar-refractivity contribution is 6.72. The van der Waals surface area contributed by atoms with Gasteiger partial charge in [0.2, 0.25) is 14.3 Å². The van der Waals surface area contributed by atoms with Crippen molar-refractivity contribution >= 4 is 48.4 Å². The number of nitrogens with zero attached hydrogens (tertiary/aromatic N) is 3. The number of rotatable bonds is 7. The maximum absolute atomic E-state index is 16.5. The number of amides is 2. The summed E-state index contributed by atoms with van der Waals surface area (Å²) in [5, 5.41) is 14.4. The Kier molecular flexibility index (Phi) is 8.52. The van der Waals surface area contributed by atoms with E-state index in [-0.39, 0.29) is 36.9 Å². The zero-order valence-electron chi connectivity index (χ0n) is 29.2. The summed E-state index contributed by atoms with van der Waals surface area (Å²) >= 11 is 6.58. The zero-order valence-corrected chi connectivity index (χ0v) is 30.9. The van der Waals surface area contributed by atoms with Crippen molar-refractivity contribution in [3.05, 3.63) is 129 Å². The first kappa shape index (κ1) is 34.5. The van der Waals surface area contributed by atoms with Crippen LogP contribution in [-0.4, -0.2) is 58.8 Å². The highest BCUT2D eigenvalue weighted by atomic mass is 35.5. The lowest BCUT2D eigenvalue weighted by atomic mass is 9.82. The number of hydrogen-bond donors (Lipinski definition) is 2. The van der Waals surface area contributed by atoms with Gasteiger partial charge in [0, 0.05) is 28.6 Å². The van der Waals surface area contributed by atoms with Gasteiger partial charge in [-0.2, -0.15) is 0 Å². The monoisotopic (exact) mass is 738 g/mol. The molecule has 0 bridgehead atoms. The molecular weight excluding hydrogens is 699 g/mol. The Hall–Kier alpha value is -4.55. The molecule has 3 aliphatic rings. The van der Waals surface area contributed by atoms with Gasteiger partial charge in [-0.25, -0.2) is 4.68 Å². The van der Waals surface area contributed by atoms with E-state index in [9.17, 15) is 19.5 Å². The smallest absolute Gasteiger partial charge is 0.279 e. The number of carbonyl (C=O) groups is 2. The second-order valence-corrected chi connectivity index (χ2v) is 19.1. The summed E-state index contributed by atoms with van der Waals surface area (Å²) in [6, 6.07) is 27.4. The number of anilines is 1. The fraction of sp³-hybridized carbons (Fsp3) is 0.325. The van der Waals surface area contributed by atoms with Crippen molar-refractivity contribution < 1.29 is 23.5 Å². The molecule has 1 saturated heterocycles. The second kappa shape index (κ2) is 12.8. The van der Waals surface area contributed by atoms with Gasteiger partial charge in [0.1, 0.15) is 0 Å². The number of halogens is 2. The first-order chi connectivity index (χ1) is 24.9. The van der Waals surface area contributed by atoms with E-state index >= 15 is 4.11 Å². The number of aromatic amines is 1. The van der Waals surface area contributed by atoms with Crippen molar-refractivity contribution in [1.29, 1.82) is 0 Å². The lowest BCUT2D eigenvalue weighted by molar-refractivity contribution is -0.151. The van der Waals surface area contributed by atoms with E-state index in [2.05, 4.69) is 5.10 Å². The van der Waals surface area contributed by atoms with Crippen LogP contribution in [-0.2, 0) is 39.4 Å². The molecule has 8 rings (SSSR count). The molecule has 268 valence electrons. The van der Waals surface area contributed by atoms with Crippen LogP contribution in [0.25, 0.3) is 16.6 Å². The third-order valence-corrected chi connectivity index (χ3v) is 14.0. The fourth-order valence-electron chi connectivity index (χ4n) is 8.93. The summed E-state index contributed by atoms with van der Waals surface area (Å²) in [5.74, 6) is -1.20. The molecule has 4 heterocycles. The molecule has 9 nitrogen and oxygen atoms in total. The molecule has 3 aliphatic heterocycles. The molecule has 2 N–H and O–H groups in total. The van der Waals surface area contributed by atoms with Gasteiger partial charge in [-0.1, -0.05) is 67.1 Å². The molecule has 5 aromatic rings. The Morgan fingerprint density at radius 1 is 1.02 bits per heavy atom. The summed E-state index contributed by atoms with van der Waals surface area (Å²) in [6.07, 6.45) is -0.481. The zero-order chi connectivity index (χ0) is 36.5. The summed E-state index contributed by atoms with van der Waals surface area (Å²) in [7, 11) is -3.55. The van der Waals surface area contributed by atoms with Gasteiger partial charge in [-0.3, -0.25) is 19.5 Å². The molecule has 0 saturated carbocycles. The number of fused-ring (bicyclic) bond motifs is 4. The fourth-order valence-corrected chi connectivity index (χ4v) is 11.6. The van der Waals surface area contributed by atoms with E-state index in [1.807, 2.05) is 73.7 Å². The quantitative estimate of drug-likeness (QED) is 0.144. The number of aliphatic hydroxyl groups is 1. The molecule has 4 aromatic carbocycles. The minimum Gasteiger partial charge on any atom is -0.394 e. The average molecular weight is 739 g/mol. The highest BCUT2D eigenvalue weighted by Gasteiger charge is 2.67. The molecule has 12 heteroatoms. The number of aliphatic hydroxyl groups excluding tert-OH is 1. The maximum Gasteiger partial charge on any atom is 0.279 e. The van der Waals surface area contributed by atoms with Gasteiger partial charge < -0.3 is 23.8 Å². The summed E-state index contributed by atoms with van der Waals surface area (Å²) < 4.78 is 24.9. The average Bonchev–Trinajstić information content (AvgIpc) is 3.70. The van der Waals surface area contributed by atoms with Gasteiger partial charge in [0.15, 0.2) is 5.60 Å². The molecule has 0 radical (unpaired) electrons. The standard InChI is InChI=1S/C40H40ClFN4O5Si/c1-24-37(52(2,3)42)35(20-36(48)44-22-27-11-5-4-10-26(27)18-30(44)23-47)51-40(24)32-19-28(41)15-16-34(32)45(39(40)50)21-25-9-8-12-29(17-25)46-38(49)31-13-6-7-14-33(31)43-46/h4-17,19,24,30,35,37,43,47H,18,20-23H2,1-3H3/t24-,30+,35+,37-,40+/m1/s1. The normalized spacial score (nSPS) is 24.2. The van der Waals surface area contributed by atoms with Crippen molar-refractivity contribution in [2.45, 2.75) is 69.2 Å². The van der Waals surface area contributed by atoms with Crippen LogP contribution in [0.5, 0.6) is 0 Å². The van der Waals surface area contributed by atoms with Crippen LogP contribution in [0.15, 0.2) is 95.8 Å². The van der Waals surface area contributed by atoms with Crippen LogP contribution in [0, 0.1) is 5.92 Å². The Morgan fingerprint density at radius 2 is 1.77 bits per heavy atom. The predicted octanol–water partition coefficient (Wildman–Crippen LogP) is 6.63. The topological polar surface area (TPSA) is 108 Å². The van der Waals surface area contributed by atoms with E-state index < -0.39 is 37.6 Å². The molecule has 0 unspecified atom stereocenters. The third-order valence-electron chi connectivity index (χ3n) is 11.3. The number of H-pyrrole nitrogens is 1. The Balaban J connectivity index is 1.13. The summed E-state index contributed by atoms with van der Waals surface area (Å²) in [5.41, 5.74) is 2.93. The Labute approximate surface area is 306 Å². The third kappa shape index (κ3) is 5.53. The van der Waals surface area contributed by atoms with E-state index in [1.165, 1.54) is 4.68 Å². The number of carbonyl (C=O) groups excluding carboxylic acids is 2. The van der Waals surface area contributed by atoms with E-state index in [4.69, 9.17) is 16.3 Å². The van der Waals surface area contributed by atoms with Crippen LogP contribution in [0.1, 0.15) is 35.6 Å². The van der Waals surface area contributed by atoms with E-state index in [0.29, 0.717) is 45.8 Å². The van der Waals surface area contributed by atoms with Crippen molar-refractivity contribution in [2.75, 3.05) is 11.5 Å². The van der Waals surface area contributed by atoms with Gasteiger partial charge >= 0.3 is 0 Å². The minimum absolute atomic E-state index is 0.125. The number of ether oxygens (including phenoxy) is 1. The van der Waals surface area contributed by atoms with Crippen LogP contribution in [0.2, 0.25) is 23.7 Å². The van der Waals surface area contributed by atoms with Gasteiger partial charge in [0.05, 0.1) is 54.0 Å². The number of para-hydroxylation sites is 1. The lowest BCUT2D eigenvalue weighted by Crippen LogP contribution is -2.48. The van der Waals surface area contributed by atoms with Gasteiger partial charge in [0.25, 0.3) is 11.5 Å². The van der Waals surface area contributed by atoms with E-state index in [1.54, 1.807) is 47.2 Å². The van der Waals surface area contributed by atoms with Crippen LogP contribution in [0.3, 0.4) is 0 Å². The number of hydrogen-bond acceptors (Lipinski definition) is 5. The molecule has 1 aromatic heterocycles. The van der Waals surface area contributed by atoms with Crippen molar-refractivity contribution in [3.8, 4) is 5.69 Å². The van der Waals surface area contributed by atoms with E-state index in [0.717, 1.165) is 16.7 Å². The first-order valence-corrected chi connectivity index (χ1v) is 21.0. The minimum atomic E-state index is -3.55. The summed E-state index contributed by atoms with van der Waals surface area (Å²) in [4.78, 5) is 45.6. The predicted molar refractivity (Wildman–Crippen MR) is 201 cm³/mol. The Bertz CT molecular complexity index is 2290. The highest BCUT2D eigenvalue weighted by Crippen LogP contribution is 2.60. The molecule has 0 aliphatic carbocycles. The van der Waals surface area contributed by atoms with Crippen molar-refractivity contribution in [1.82, 2.24) is 14.7 Å². The largest absolute Gasteiger partial charge is 0.394 e. The first-order valence-electron chi connectivity index (χ1n) is 17.7. The number of benzene rings is 4.